The highest BCUT2D eigenvalue weighted by Crippen LogP contribution is 2.30. The lowest BCUT2D eigenvalue weighted by atomic mass is 9.94. The number of alkyl carbamates (subject to hydrolysis) is 1. The van der Waals surface area contributed by atoms with Gasteiger partial charge in [-0.2, -0.15) is 18.4 Å². The molecule has 0 saturated carbocycles. The van der Waals surface area contributed by atoms with Gasteiger partial charge in [-0.15, -0.1) is 0 Å². The maximum atomic E-state index is 13.7. The van der Waals surface area contributed by atoms with Gasteiger partial charge in [0.05, 0.1) is 11.3 Å². The molecule has 1 aliphatic heterocycles. The first-order valence-corrected chi connectivity index (χ1v) is 11.9. The number of ether oxygens (including phenoxy) is 1. The third-order valence-electron chi connectivity index (χ3n) is 6.14. The van der Waals surface area contributed by atoms with Gasteiger partial charge in [0.15, 0.2) is 0 Å². The van der Waals surface area contributed by atoms with Gasteiger partial charge in [0.25, 0.3) is 5.91 Å². The van der Waals surface area contributed by atoms with Crippen LogP contribution in [0.2, 0.25) is 0 Å². The molecule has 2 heterocycles. The zero-order chi connectivity index (χ0) is 27.3. The molecule has 38 heavy (non-hydrogen) atoms. The predicted octanol–water partition coefficient (Wildman–Crippen LogP) is 3.69. The van der Waals surface area contributed by atoms with Crippen LogP contribution in [0.5, 0.6) is 0 Å². The van der Waals surface area contributed by atoms with Crippen molar-refractivity contribution in [2.45, 2.75) is 38.2 Å². The Morgan fingerprint density at radius 3 is 2.53 bits per heavy atom. The van der Waals surface area contributed by atoms with Crippen LogP contribution in [0.3, 0.4) is 0 Å². The molecule has 0 radical (unpaired) electrons. The van der Waals surface area contributed by atoms with Crippen LogP contribution in [-0.4, -0.2) is 53.3 Å². The molecule has 3 atom stereocenters. The van der Waals surface area contributed by atoms with E-state index in [-0.39, 0.29) is 19.1 Å². The number of carbonyl (C=O) groups excluding carboxylic acids is 2. The smallest absolute Gasteiger partial charge is 0.417 e. The molecule has 1 aliphatic rings. The molecule has 3 aromatic rings. The Hall–Kier alpha value is -4.40. The molecule has 2 amide bonds. The van der Waals surface area contributed by atoms with E-state index < -0.39 is 30.3 Å². The number of halogens is 3. The number of benzene rings is 2. The van der Waals surface area contributed by atoms with Gasteiger partial charge in [0, 0.05) is 31.5 Å². The number of aromatic nitrogens is 2. The highest BCUT2D eigenvalue weighted by molar-refractivity contribution is 5.92. The molecule has 1 saturated heterocycles. The number of nitrogens with one attached hydrogen (secondary N) is 2. The highest BCUT2D eigenvalue weighted by atomic mass is 19.4. The van der Waals surface area contributed by atoms with Gasteiger partial charge >= 0.3 is 12.3 Å². The van der Waals surface area contributed by atoms with E-state index in [1.807, 2.05) is 11.8 Å². The fraction of sp³-hybridized carbons (Fsp3) is 0.346. The van der Waals surface area contributed by atoms with Crippen LogP contribution in [0, 0.1) is 17.2 Å². The summed E-state index contributed by atoms with van der Waals surface area (Å²) in [6.07, 6.45) is -2.98. The van der Waals surface area contributed by atoms with Crippen molar-refractivity contribution in [1.29, 1.82) is 5.26 Å². The Balaban J connectivity index is 1.46. The van der Waals surface area contributed by atoms with Crippen molar-refractivity contribution >= 4 is 28.7 Å². The maximum Gasteiger partial charge on any atom is 0.417 e. The molecule has 0 aliphatic carbocycles. The van der Waals surface area contributed by atoms with Crippen LogP contribution in [-0.2, 0) is 16.1 Å². The molecule has 1 fully saturated rings. The number of carbonyl (C=O) groups is 2. The van der Waals surface area contributed by atoms with E-state index >= 15 is 0 Å². The lowest BCUT2D eigenvalue weighted by Crippen LogP contribution is -2.59. The van der Waals surface area contributed by atoms with E-state index in [4.69, 9.17) is 4.74 Å². The Morgan fingerprint density at radius 2 is 1.84 bits per heavy atom. The largest absolute Gasteiger partial charge is 0.445 e. The van der Waals surface area contributed by atoms with Crippen LogP contribution in [0.15, 0.2) is 54.9 Å². The first-order valence-electron chi connectivity index (χ1n) is 11.9. The zero-order valence-electron chi connectivity index (χ0n) is 20.4. The number of nitrogens with zero attached hydrogens (tertiary/aromatic N) is 4. The number of hydrogen-bond donors (Lipinski definition) is 2. The van der Waals surface area contributed by atoms with E-state index in [1.165, 1.54) is 12.4 Å². The van der Waals surface area contributed by atoms with Crippen molar-refractivity contribution in [2.75, 3.05) is 18.0 Å². The average Bonchev–Trinajstić information content (AvgIpc) is 2.89. The molecule has 2 aromatic carbocycles. The molecule has 1 unspecified atom stereocenters. The number of nitriles is 1. The van der Waals surface area contributed by atoms with Crippen LogP contribution < -0.4 is 15.5 Å². The summed E-state index contributed by atoms with van der Waals surface area (Å²) in [6, 6.07) is 10.4. The minimum atomic E-state index is -5.03. The summed E-state index contributed by atoms with van der Waals surface area (Å²) in [6.45, 7) is 2.45. The van der Waals surface area contributed by atoms with Gasteiger partial charge in [-0.05, 0) is 30.0 Å². The summed E-state index contributed by atoms with van der Waals surface area (Å²) in [5.41, 5.74) is 2.51. The predicted molar refractivity (Wildman–Crippen MR) is 132 cm³/mol. The number of piperidine rings is 1. The molecular formula is C26H25F3N6O3. The lowest BCUT2D eigenvalue weighted by molar-refractivity contribution is -0.168. The lowest BCUT2D eigenvalue weighted by Gasteiger charge is -2.39. The summed E-state index contributed by atoms with van der Waals surface area (Å²) in [5, 5.41) is 13.5. The number of hydrogen-bond acceptors (Lipinski definition) is 7. The van der Waals surface area contributed by atoms with E-state index in [0.29, 0.717) is 40.8 Å². The number of rotatable bonds is 6. The first kappa shape index (κ1) is 26.7. The van der Waals surface area contributed by atoms with Crippen LogP contribution in [0.4, 0.5) is 23.7 Å². The molecule has 2 N–H and O–H groups in total. The van der Waals surface area contributed by atoms with Crippen molar-refractivity contribution in [3.05, 3.63) is 66.0 Å². The van der Waals surface area contributed by atoms with Crippen LogP contribution >= 0.6 is 0 Å². The Bertz CT molecular complexity index is 1350. The number of amides is 2. The quantitative estimate of drug-likeness (QED) is 0.503. The zero-order valence-corrected chi connectivity index (χ0v) is 20.4. The fourth-order valence-electron chi connectivity index (χ4n) is 4.50. The van der Waals surface area contributed by atoms with Gasteiger partial charge in [-0.1, -0.05) is 37.3 Å². The Morgan fingerprint density at radius 1 is 1.13 bits per heavy atom. The Kier molecular flexibility index (Phi) is 7.95. The molecule has 12 heteroatoms. The van der Waals surface area contributed by atoms with Gasteiger partial charge in [-0.3, -0.25) is 14.8 Å². The third-order valence-corrected chi connectivity index (χ3v) is 6.14. The van der Waals surface area contributed by atoms with Gasteiger partial charge in [-0.25, -0.2) is 4.79 Å². The van der Waals surface area contributed by atoms with Crippen molar-refractivity contribution in [1.82, 2.24) is 20.6 Å². The second-order valence-corrected chi connectivity index (χ2v) is 9.13. The van der Waals surface area contributed by atoms with Crippen molar-refractivity contribution < 1.29 is 27.5 Å². The summed E-state index contributed by atoms with van der Waals surface area (Å²) >= 11 is 0. The highest BCUT2D eigenvalue weighted by Gasteiger charge is 2.47. The molecular weight excluding hydrogens is 501 g/mol. The van der Waals surface area contributed by atoms with Gasteiger partial charge in [0.1, 0.15) is 23.7 Å². The standard InChI is InChI=1S/C26H25F3N6O3/c1-16-11-19(14-35(13-16)20-8-7-18(12-30)21-22(20)32-10-9-31-21)33-24(36)23(26(27,28)29)34-25(37)38-15-17-5-3-2-4-6-17/h2-10,16,19,23H,11,13-15H2,1H3,(H,33,36)(H,34,37)/t16-,19+,23?/m0/s1. The van der Waals surface area contributed by atoms with Crippen LogP contribution in [0.25, 0.3) is 11.0 Å². The molecule has 0 bridgehead atoms. The molecule has 4 rings (SSSR count). The van der Waals surface area contributed by atoms with E-state index in [9.17, 15) is 28.0 Å². The summed E-state index contributed by atoms with van der Waals surface area (Å²) < 4.78 is 46.1. The normalized spacial score (nSPS) is 18.3. The van der Waals surface area contributed by atoms with E-state index in [1.54, 1.807) is 47.8 Å². The molecule has 1 aromatic heterocycles. The minimum absolute atomic E-state index is 0.0181. The summed E-state index contributed by atoms with van der Waals surface area (Å²) in [5.74, 6) is -1.36. The second-order valence-electron chi connectivity index (χ2n) is 9.13. The molecule has 0 spiro atoms. The fourth-order valence-corrected chi connectivity index (χ4v) is 4.50. The van der Waals surface area contributed by atoms with Crippen molar-refractivity contribution in [2.24, 2.45) is 5.92 Å². The second kappa shape index (κ2) is 11.3. The van der Waals surface area contributed by atoms with E-state index in [0.717, 1.165) is 0 Å². The van der Waals surface area contributed by atoms with Gasteiger partial charge in [0.2, 0.25) is 6.04 Å². The molecule has 9 nitrogen and oxygen atoms in total. The number of alkyl halides is 3. The SMILES string of the molecule is C[C@H]1C[C@@H](NC(=O)C(NC(=O)OCc2ccccc2)C(F)(F)F)CN(c2ccc(C#N)c3nccnc23)C1. The Labute approximate surface area is 216 Å². The topological polar surface area (TPSA) is 120 Å². The van der Waals surface area contributed by atoms with E-state index in [2.05, 4.69) is 21.4 Å². The number of fused-ring (bicyclic) bond motifs is 1. The minimum Gasteiger partial charge on any atom is -0.445 e. The summed E-state index contributed by atoms with van der Waals surface area (Å²) in [7, 11) is 0. The number of anilines is 1. The van der Waals surface area contributed by atoms with Crippen molar-refractivity contribution in [3.63, 3.8) is 0 Å². The average molecular weight is 527 g/mol. The van der Waals surface area contributed by atoms with Crippen LogP contribution in [0.1, 0.15) is 24.5 Å². The van der Waals surface area contributed by atoms with Crippen molar-refractivity contribution in [3.8, 4) is 6.07 Å². The third kappa shape index (κ3) is 6.29. The monoisotopic (exact) mass is 526 g/mol. The summed E-state index contributed by atoms with van der Waals surface area (Å²) in [4.78, 5) is 35.3. The molecule has 198 valence electrons. The van der Waals surface area contributed by atoms with Gasteiger partial charge < -0.3 is 20.3 Å². The first-order chi connectivity index (χ1) is 18.2. The maximum absolute atomic E-state index is 13.7.